The number of aryl methyl sites for hydroxylation is 2. The topological polar surface area (TPSA) is 9.23 Å². The van der Waals surface area contributed by atoms with E-state index >= 15 is 0 Å². The second-order valence-electron chi connectivity index (χ2n) is 8.69. The van der Waals surface area contributed by atoms with Crippen molar-refractivity contribution in [1.82, 2.24) is 0 Å². The first-order valence-electron chi connectivity index (χ1n) is 11.6. The van der Waals surface area contributed by atoms with Crippen molar-refractivity contribution in [2.24, 2.45) is 5.92 Å². The van der Waals surface area contributed by atoms with Gasteiger partial charge in [0.15, 0.2) is 11.6 Å². The molecule has 1 aliphatic carbocycles. The first-order valence-corrected chi connectivity index (χ1v) is 11.6. The number of allylic oxidation sites excluding steroid dienone is 1. The van der Waals surface area contributed by atoms with Crippen molar-refractivity contribution in [2.75, 3.05) is 7.11 Å². The number of hydrogen-bond acceptors (Lipinski definition) is 1. The van der Waals surface area contributed by atoms with E-state index in [9.17, 15) is 13.2 Å². The molecule has 33 heavy (non-hydrogen) atoms. The molecule has 0 radical (unpaired) electrons. The van der Waals surface area contributed by atoms with E-state index in [1.54, 1.807) is 18.2 Å². The summed E-state index contributed by atoms with van der Waals surface area (Å²) in [4.78, 5) is 0. The quantitative estimate of drug-likeness (QED) is 0.354. The molecule has 0 spiro atoms. The third-order valence-corrected chi connectivity index (χ3v) is 6.61. The minimum atomic E-state index is -0.838. The predicted octanol–water partition coefficient (Wildman–Crippen LogP) is 8.07. The van der Waals surface area contributed by atoms with Gasteiger partial charge in [0, 0.05) is 18.2 Å². The molecule has 3 aromatic carbocycles. The van der Waals surface area contributed by atoms with Crippen LogP contribution in [0.15, 0.2) is 72.6 Å². The minimum Gasteiger partial charge on any atom is -0.374 e. The summed E-state index contributed by atoms with van der Waals surface area (Å²) >= 11 is 0. The Kier molecular flexibility index (Phi) is 7.34. The molecule has 0 saturated heterocycles. The Morgan fingerprint density at radius 3 is 1.79 bits per heavy atom. The molecule has 3 aromatic rings. The number of halogens is 3. The summed E-state index contributed by atoms with van der Waals surface area (Å²) in [5.41, 5.74) is 4.05. The molecule has 0 amide bonds. The Balaban J connectivity index is 1.46. The van der Waals surface area contributed by atoms with E-state index in [4.69, 9.17) is 4.74 Å². The smallest absolute Gasteiger partial charge is 0.167 e. The lowest BCUT2D eigenvalue weighted by atomic mass is 9.88. The van der Waals surface area contributed by atoms with Crippen LogP contribution in [0.5, 0.6) is 0 Å². The average Bonchev–Trinajstić information content (AvgIpc) is 2.85. The van der Waals surface area contributed by atoms with Gasteiger partial charge >= 0.3 is 0 Å². The molecule has 0 N–H and O–H groups in total. The van der Waals surface area contributed by atoms with Gasteiger partial charge in [-0.1, -0.05) is 67.6 Å². The maximum atomic E-state index is 14.9. The van der Waals surface area contributed by atoms with Crippen LogP contribution in [-0.2, 0) is 17.6 Å². The highest BCUT2D eigenvalue weighted by Gasteiger charge is 2.22. The summed E-state index contributed by atoms with van der Waals surface area (Å²) in [6.45, 7) is 2.05. The van der Waals surface area contributed by atoms with Crippen LogP contribution in [0.4, 0.5) is 13.2 Å². The predicted molar refractivity (Wildman–Crippen MR) is 128 cm³/mol. The Morgan fingerprint density at radius 1 is 0.758 bits per heavy atom. The number of ether oxygens (including phenoxy) is 1. The molecule has 1 aliphatic rings. The van der Waals surface area contributed by atoms with E-state index in [2.05, 4.69) is 6.92 Å². The first kappa shape index (κ1) is 23.3. The Morgan fingerprint density at radius 2 is 1.30 bits per heavy atom. The van der Waals surface area contributed by atoms with Crippen LogP contribution in [0.2, 0.25) is 0 Å². The van der Waals surface area contributed by atoms with Gasteiger partial charge in [0.25, 0.3) is 0 Å². The van der Waals surface area contributed by atoms with Crippen molar-refractivity contribution < 1.29 is 17.9 Å². The summed E-state index contributed by atoms with van der Waals surface area (Å²) in [7, 11) is 1.53. The van der Waals surface area contributed by atoms with Gasteiger partial charge in [-0.25, -0.2) is 13.2 Å². The van der Waals surface area contributed by atoms with Gasteiger partial charge in [-0.3, -0.25) is 0 Å². The van der Waals surface area contributed by atoms with E-state index in [0.717, 1.165) is 36.8 Å². The second-order valence-corrected chi connectivity index (χ2v) is 8.69. The van der Waals surface area contributed by atoms with Crippen LogP contribution in [0.3, 0.4) is 0 Å². The third kappa shape index (κ3) is 5.22. The maximum Gasteiger partial charge on any atom is 0.167 e. The van der Waals surface area contributed by atoms with Crippen molar-refractivity contribution in [2.45, 2.75) is 45.1 Å². The molecule has 4 heteroatoms. The number of benzene rings is 3. The summed E-state index contributed by atoms with van der Waals surface area (Å²) in [5.74, 6) is -1.65. The lowest BCUT2D eigenvalue weighted by molar-refractivity contribution is 0.0914. The maximum absolute atomic E-state index is 14.9. The largest absolute Gasteiger partial charge is 0.374 e. The molecule has 0 bridgehead atoms. The second kappa shape index (κ2) is 10.4. The van der Waals surface area contributed by atoms with E-state index in [1.807, 2.05) is 48.5 Å². The van der Waals surface area contributed by atoms with Gasteiger partial charge in [-0.2, -0.15) is 0 Å². The van der Waals surface area contributed by atoms with Crippen LogP contribution >= 0.6 is 0 Å². The van der Waals surface area contributed by atoms with E-state index in [1.165, 1.54) is 7.11 Å². The third-order valence-electron chi connectivity index (χ3n) is 6.61. The molecular weight excluding hydrogens is 421 g/mol. The highest BCUT2D eigenvalue weighted by molar-refractivity contribution is 5.72. The monoisotopic (exact) mass is 450 g/mol. The standard InChI is InChI=1S/C29H29F3O/c1-3-19-6-11-22(12-7-19)24-15-16-25(29(32)28(24)31)23-13-8-20(9-14-23)4-5-21-10-17-27(33-2)26(30)18-21/h6-9,11-16,18,21,27H,3-5,10,17H2,1-2H3. The highest BCUT2D eigenvalue weighted by Crippen LogP contribution is 2.33. The molecular formula is C29H29F3O. The minimum absolute atomic E-state index is 0.175. The van der Waals surface area contributed by atoms with Gasteiger partial charge in [-0.05, 0) is 66.4 Å². The van der Waals surface area contributed by atoms with Crippen molar-refractivity contribution in [1.29, 1.82) is 0 Å². The zero-order chi connectivity index (χ0) is 23.4. The molecule has 172 valence electrons. The fourth-order valence-corrected chi connectivity index (χ4v) is 4.50. The molecule has 0 heterocycles. The Labute approximate surface area is 193 Å². The molecule has 2 unspecified atom stereocenters. The Hall–Kier alpha value is -2.85. The lowest BCUT2D eigenvalue weighted by Crippen LogP contribution is -2.19. The van der Waals surface area contributed by atoms with Crippen LogP contribution < -0.4 is 0 Å². The molecule has 1 nitrogen and oxygen atoms in total. The van der Waals surface area contributed by atoms with Crippen LogP contribution in [0.1, 0.15) is 37.3 Å². The first-order chi connectivity index (χ1) is 16.0. The molecule has 0 fully saturated rings. The van der Waals surface area contributed by atoms with Crippen molar-refractivity contribution >= 4 is 0 Å². The van der Waals surface area contributed by atoms with Gasteiger partial charge in [0.1, 0.15) is 11.9 Å². The highest BCUT2D eigenvalue weighted by atomic mass is 19.2. The summed E-state index contributed by atoms with van der Waals surface area (Å²) in [5, 5.41) is 0. The van der Waals surface area contributed by atoms with Crippen LogP contribution in [0, 0.1) is 17.6 Å². The number of rotatable bonds is 7. The van der Waals surface area contributed by atoms with E-state index < -0.39 is 17.7 Å². The van der Waals surface area contributed by atoms with Gasteiger partial charge < -0.3 is 4.74 Å². The number of methoxy groups -OCH3 is 1. The van der Waals surface area contributed by atoms with Crippen molar-refractivity contribution in [3.8, 4) is 22.3 Å². The van der Waals surface area contributed by atoms with Crippen LogP contribution in [0.25, 0.3) is 22.3 Å². The fourth-order valence-electron chi connectivity index (χ4n) is 4.50. The molecule has 2 atom stereocenters. The van der Waals surface area contributed by atoms with Gasteiger partial charge in [-0.15, -0.1) is 0 Å². The molecule has 4 rings (SSSR count). The summed E-state index contributed by atoms with van der Waals surface area (Å²) in [6.07, 6.45) is 5.43. The Bertz CT molecular complexity index is 1120. The van der Waals surface area contributed by atoms with Gasteiger partial charge in [0.2, 0.25) is 0 Å². The van der Waals surface area contributed by atoms with E-state index in [-0.39, 0.29) is 22.9 Å². The molecule has 0 aliphatic heterocycles. The molecule has 0 saturated carbocycles. The summed E-state index contributed by atoms with van der Waals surface area (Å²) in [6, 6.07) is 18.3. The SMILES string of the molecule is CCc1ccc(-c2ccc(-c3ccc(CCC4C=C(F)C(OC)CC4)cc3)c(F)c2F)cc1. The lowest BCUT2D eigenvalue weighted by Gasteiger charge is -2.23. The zero-order valence-corrected chi connectivity index (χ0v) is 19.1. The van der Waals surface area contributed by atoms with Gasteiger partial charge in [0.05, 0.1) is 0 Å². The average molecular weight is 451 g/mol. The van der Waals surface area contributed by atoms with Crippen molar-refractivity contribution in [3.63, 3.8) is 0 Å². The van der Waals surface area contributed by atoms with Crippen molar-refractivity contribution in [3.05, 3.63) is 95.3 Å². The van der Waals surface area contributed by atoms with E-state index in [0.29, 0.717) is 17.5 Å². The summed E-state index contributed by atoms with van der Waals surface area (Å²) < 4.78 is 48.9. The van der Waals surface area contributed by atoms with Crippen LogP contribution in [-0.4, -0.2) is 13.2 Å². The fraction of sp³-hybridized carbons (Fsp3) is 0.310. The normalized spacial score (nSPS) is 18.3. The molecule has 0 aromatic heterocycles. The zero-order valence-electron chi connectivity index (χ0n) is 19.1. The number of hydrogen-bond donors (Lipinski definition) is 0.